The predicted molar refractivity (Wildman–Crippen MR) is 97.5 cm³/mol. The van der Waals surface area contributed by atoms with Gasteiger partial charge in [0.05, 0.1) is 24.4 Å². The molecule has 2 aromatic rings. The molecule has 1 fully saturated rings. The van der Waals surface area contributed by atoms with Gasteiger partial charge >= 0.3 is 0 Å². The summed E-state index contributed by atoms with van der Waals surface area (Å²) in [6.45, 7) is 4.68. The standard InChI is InChI=1S/C20H24ClNO2/c1-20(2)10-4-5-16(20)15-11-13(12-23)6-7-14(15)19-17(21)8-9-18(22-19)24-3/h6-9,11,16,23H,4-5,10,12H2,1-3H3. The van der Waals surface area contributed by atoms with E-state index >= 15 is 0 Å². The van der Waals surface area contributed by atoms with Crippen LogP contribution in [0.1, 0.15) is 50.2 Å². The molecule has 0 radical (unpaired) electrons. The third-order valence-corrected chi connectivity index (χ3v) is 5.52. The molecule has 0 amide bonds. The third-order valence-electron chi connectivity index (χ3n) is 5.22. The molecule has 0 spiro atoms. The number of hydrogen-bond acceptors (Lipinski definition) is 3. The zero-order chi connectivity index (χ0) is 17.3. The van der Waals surface area contributed by atoms with Gasteiger partial charge in [0.2, 0.25) is 5.88 Å². The Morgan fingerprint density at radius 1 is 1.29 bits per heavy atom. The SMILES string of the molecule is COc1ccc(Cl)c(-c2ccc(CO)cc2C2CCCC2(C)C)n1. The molecule has 1 atom stereocenters. The Hall–Kier alpha value is -1.58. The van der Waals surface area contributed by atoms with Crippen molar-refractivity contribution < 1.29 is 9.84 Å². The summed E-state index contributed by atoms with van der Waals surface area (Å²) in [4.78, 5) is 4.58. The molecule has 4 heteroatoms. The van der Waals surface area contributed by atoms with E-state index in [1.807, 2.05) is 18.2 Å². The van der Waals surface area contributed by atoms with Crippen LogP contribution in [0.4, 0.5) is 0 Å². The molecule has 0 saturated heterocycles. The van der Waals surface area contributed by atoms with E-state index in [2.05, 4.69) is 24.9 Å². The highest BCUT2D eigenvalue weighted by Gasteiger charge is 2.37. The molecule has 3 rings (SSSR count). The van der Waals surface area contributed by atoms with Gasteiger partial charge in [-0.1, -0.05) is 50.1 Å². The average Bonchev–Trinajstić information content (AvgIpc) is 2.94. The summed E-state index contributed by atoms with van der Waals surface area (Å²) in [5, 5.41) is 10.2. The molecular weight excluding hydrogens is 322 g/mol. The molecule has 0 aliphatic heterocycles. The summed E-state index contributed by atoms with van der Waals surface area (Å²) in [6.07, 6.45) is 3.58. The van der Waals surface area contributed by atoms with Crippen molar-refractivity contribution in [3.8, 4) is 17.1 Å². The summed E-state index contributed by atoms with van der Waals surface area (Å²) in [6, 6.07) is 9.69. The monoisotopic (exact) mass is 345 g/mol. The van der Waals surface area contributed by atoms with E-state index in [9.17, 15) is 5.11 Å². The fourth-order valence-corrected chi connectivity index (χ4v) is 4.05. The molecular formula is C20H24ClNO2. The van der Waals surface area contributed by atoms with Gasteiger partial charge in [0.25, 0.3) is 0 Å². The molecule has 24 heavy (non-hydrogen) atoms. The van der Waals surface area contributed by atoms with Gasteiger partial charge in [-0.05, 0) is 41.4 Å². The van der Waals surface area contributed by atoms with Crippen LogP contribution >= 0.6 is 11.6 Å². The highest BCUT2D eigenvalue weighted by Crippen LogP contribution is 2.51. The lowest BCUT2D eigenvalue weighted by molar-refractivity contribution is 0.281. The van der Waals surface area contributed by atoms with Gasteiger partial charge in [0.1, 0.15) is 0 Å². The largest absolute Gasteiger partial charge is 0.481 e. The van der Waals surface area contributed by atoms with Crippen LogP contribution in [-0.2, 0) is 6.61 Å². The lowest BCUT2D eigenvalue weighted by Crippen LogP contribution is -2.16. The Morgan fingerprint density at radius 2 is 2.08 bits per heavy atom. The number of aromatic nitrogens is 1. The molecule has 3 nitrogen and oxygen atoms in total. The number of benzene rings is 1. The fraction of sp³-hybridized carbons (Fsp3) is 0.450. The topological polar surface area (TPSA) is 42.4 Å². The predicted octanol–water partition coefficient (Wildman–Crippen LogP) is 5.20. The Balaban J connectivity index is 2.18. The van der Waals surface area contributed by atoms with Crippen LogP contribution in [0.25, 0.3) is 11.3 Å². The van der Waals surface area contributed by atoms with Crippen molar-refractivity contribution in [2.24, 2.45) is 5.41 Å². The van der Waals surface area contributed by atoms with Gasteiger partial charge in [0.15, 0.2) is 0 Å². The van der Waals surface area contributed by atoms with E-state index in [1.54, 1.807) is 13.2 Å². The van der Waals surface area contributed by atoms with E-state index < -0.39 is 0 Å². The number of aliphatic hydroxyl groups is 1. The molecule has 1 N–H and O–H groups in total. The van der Waals surface area contributed by atoms with Crippen molar-refractivity contribution in [2.75, 3.05) is 7.11 Å². The minimum atomic E-state index is 0.0414. The highest BCUT2D eigenvalue weighted by atomic mass is 35.5. The second-order valence-electron chi connectivity index (χ2n) is 7.20. The number of aliphatic hydroxyl groups excluding tert-OH is 1. The fourth-order valence-electron chi connectivity index (χ4n) is 3.84. The first-order chi connectivity index (χ1) is 11.5. The first-order valence-electron chi connectivity index (χ1n) is 8.41. The van der Waals surface area contributed by atoms with Crippen LogP contribution < -0.4 is 4.74 Å². The number of pyridine rings is 1. The Morgan fingerprint density at radius 3 is 2.71 bits per heavy atom. The van der Waals surface area contributed by atoms with Gasteiger partial charge in [-0.15, -0.1) is 0 Å². The van der Waals surface area contributed by atoms with E-state index in [0.717, 1.165) is 23.2 Å². The van der Waals surface area contributed by atoms with Crippen LogP contribution in [0.2, 0.25) is 5.02 Å². The maximum absolute atomic E-state index is 9.57. The normalized spacial score (nSPS) is 19.5. The highest BCUT2D eigenvalue weighted by molar-refractivity contribution is 6.33. The Bertz CT molecular complexity index is 742. The Kier molecular flexibility index (Phi) is 4.84. The van der Waals surface area contributed by atoms with Gasteiger partial charge in [-0.3, -0.25) is 0 Å². The second-order valence-corrected chi connectivity index (χ2v) is 7.60. The van der Waals surface area contributed by atoms with Crippen molar-refractivity contribution in [3.63, 3.8) is 0 Å². The summed E-state index contributed by atoms with van der Waals surface area (Å²) >= 11 is 6.44. The zero-order valence-electron chi connectivity index (χ0n) is 14.5. The number of rotatable bonds is 4. The van der Waals surface area contributed by atoms with Crippen molar-refractivity contribution in [1.82, 2.24) is 4.98 Å². The zero-order valence-corrected chi connectivity index (χ0v) is 15.2. The molecule has 1 aliphatic carbocycles. The minimum Gasteiger partial charge on any atom is -0.481 e. The quantitative estimate of drug-likeness (QED) is 0.828. The van der Waals surface area contributed by atoms with Crippen LogP contribution in [-0.4, -0.2) is 17.2 Å². The van der Waals surface area contributed by atoms with Crippen LogP contribution in [0.15, 0.2) is 30.3 Å². The second kappa shape index (κ2) is 6.73. The lowest BCUT2D eigenvalue weighted by Gasteiger charge is -2.29. The molecule has 128 valence electrons. The molecule has 0 bridgehead atoms. The summed E-state index contributed by atoms with van der Waals surface area (Å²) < 4.78 is 5.27. The lowest BCUT2D eigenvalue weighted by atomic mass is 9.75. The first-order valence-corrected chi connectivity index (χ1v) is 8.78. The Labute approximate surface area is 148 Å². The molecule has 1 aromatic carbocycles. The van der Waals surface area contributed by atoms with Crippen LogP contribution in [0.3, 0.4) is 0 Å². The summed E-state index contributed by atoms with van der Waals surface area (Å²) in [5.74, 6) is 0.986. The van der Waals surface area contributed by atoms with Gasteiger partial charge < -0.3 is 9.84 Å². The number of methoxy groups -OCH3 is 1. The van der Waals surface area contributed by atoms with Gasteiger partial charge in [-0.25, -0.2) is 4.98 Å². The van der Waals surface area contributed by atoms with E-state index in [-0.39, 0.29) is 12.0 Å². The number of nitrogens with zero attached hydrogens (tertiary/aromatic N) is 1. The maximum Gasteiger partial charge on any atom is 0.213 e. The molecule has 1 heterocycles. The number of ether oxygens (including phenoxy) is 1. The van der Waals surface area contributed by atoms with Crippen LogP contribution in [0.5, 0.6) is 5.88 Å². The van der Waals surface area contributed by atoms with Crippen molar-refractivity contribution in [3.05, 3.63) is 46.5 Å². The van der Waals surface area contributed by atoms with Crippen molar-refractivity contribution in [2.45, 2.75) is 45.6 Å². The van der Waals surface area contributed by atoms with Crippen molar-refractivity contribution >= 4 is 11.6 Å². The third kappa shape index (κ3) is 3.15. The molecule has 1 unspecified atom stereocenters. The summed E-state index contributed by atoms with van der Waals surface area (Å²) in [7, 11) is 1.61. The van der Waals surface area contributed by atoms with E-state index in [1.165, 1.54) is 18.4 Å². The van der Waals surface area contributed by atoms with Crippen molar-refractivity contribution in [1.29, 1.82) is 0 Å². The van der Waals surface area contributed by atoms with Gasteiger partial charge in [0, 0.05) is 11.6 Å². The van der Waals surface area contributed by atoms with E-state index in [4.69, 9.17) is 16.3 Å². The average molecular weight is 346 g/mol. The molecule has 1 saturated carbocycles. The first kappa shape index (κ1) is 17.2. The minimum absolute atomic E-state index is 0.0414. The van der Waals surface area contributed by atoms with Crippen LogP contribution in [0, 0.1) is 5.41 Å². The summed E-state index contributed by atoms with van der Waals surface area (Å²) in [5.41, 5.74) is 4.17. The van der Waals surface area contributed by atoms with Gasteiger partial charge in [-0.2, -0.15) is 0 Å². The van der Waals surface area contributed by atoms with E-state index in [0.29, 0.717) is 16.8 Å². The maximum atomic E-state index is 9.57. The molecule has 1 aliphatic rings. The number of halogens is 1. The smallest absolute Gasteiger partial charge is 0.213 e. The molecule has 1 aromatic heterocycles. The number of hydrogen-bond donors (Lipinski definition) is 1.